The van der Waals surface area contributed by atoms with Gasteiger partial charge in [0.15, 0.2) is 12.2 Å². The molecule has 0 saturated heterocycles. The molecule has 19 heavy (non-hydrogen) atoms. The van der Waals surface area contributed by atoms with E-state index in [9.17, 15) is 0 Å². The summed E-state index contributed by atoms with van der Waals surface area (Å²) in [6.45, 7) is 1.03. The van der Waals surface area contributed by atoms with Gasteiger partial charge in [-0.3, -0.25) is 0 Å². The monoisotopic (exact) mass is 254 g/mol. The first-order chi connectivity index (χ1) is 9.42. The predicted octanol–water partition coefficient (Wildman–Crippen LogP) is 4.11. The fourth-order valence-electron chi connectivity index (χ4n) is 2.44. The SMILES string of the molecule is C1=CCC(CNc2cccc(-c3cnco3)c2)CC1. The lowest BCUT2D eigenvalue weighted by atomic mass is 9.94. The number of benzene rings is 1. The second kappa shape index (κ2) is 5.74. The molecule has 1 heterocycles. The first-order valence-electron chi connectivity index (χ1n) is 6.79. The number of aromatic nitrogens is 1. The van der Waals surface area contributed by atoms with Crippen LogP contribution in [0.4, 0.5) is 5.69 Å². The van der Waals surface area contributed by atoms with Crippen LogP contribution in [-0.4, -0.2) is 11.5 Å². The van der Waals surface area contributed by atoms with Gasteiger partial charge in [0.2, 0.25) is 0 Å². The molecule has 3 heteroatoms. The van der Waals surface area contributed by atoms with Gasteiger partial charge in [0.1, 0.15) is 0 Å². The van der Waals surface area contributed by atoms with Gasteiger partial charge in [0, 0.05) is 17.8 Å². The van der Waals surface area contributed by atoms with Crippen LogP contribution in [0, 0.1) is 5.92 Å². The number of hydrogen-bond acceptors (Lipinski definition) is 3. The topological polar surface area (TPSA) is 38.1 Å². The highest BCUT2D eigenvalue weighted by Gasteiger charge is 2.09. The number of hydrogen-bond donors (Lipinski definition) is 1. The maximum atomic E-state index is 5.32. The Bertz CT molecular complexity index is 546. The molecular formula is C16H18N2O. The Kier molecular flexibility index (Phi) is 3.63. The molecule has 0 fully saturated rings. The molecule has 0 amide bonds. The van der Waals surface area contributed by atoms with Crippen LogP contribution < -0.4 is 5.32 Å². The minimum atomic E-state index is 0.749. The van der Waals surface area contributed by atoms with Gasteiger partial charge < -0.3 is 9.73 Å². The first-order valence-corrected chi connectivity index (χ1v) is 6.79. The standard InChI is InChI=1S/C16H18N2O/c1-2-5-13(6-3-1)10-18-15-8-4-7-14(9-15)16-11-17-12-19-16/h1-2,4,7-9,11-13,18H,3,5-6,10H2. The summed E-state index contributed by atoms with van der Waals surface area (Å²) in [6, 6.07) is 8.29. The highest BCUT2D eigenvalue weighted by molar-refractivity contribution is 5.63. The highest BCUT2D eigenvalue weighted by Crippen LogP contribution is 2.23. The molecule has 1 aromatic heterocycles. The minimum absolute atomic E-state index is 0.749. The van der Waals surface area contributed by atoms with Crippen molar-refractivity contribution >= 4 is 5.69 Å². The Balaban J connectivity index is 1.65. The number of rotatable bonds is 4. The van der Waals surface area contributed by atoms with Crippen LogP contribution in [0.25, 0.3) is 11.3 Å². The molecule has 1 aliphatic rings. The van der Waals surface area contributed by atoms with Crippen molar-refractivity contribution < 1.29 is 4.42 Å². The largest absolute Gasteiger partial charge is 0.444 e. The van der Waals surface area contributed by atoms with Crippen molar-refractivity contribution in [1.29, 1.82) is 0 Å². The average molecular weight is 254 g/mol. The van der Waals surface area contributed by atoms with E-state index in [0.717, 1.165) is 29.5 Å². The van der Waals surface area contributed by atoms with E-state index >= 15 is 0 Å². The molecular weight excluding hydrogens is 236 g/mol. The minimum Gasteiger partial charge on any atom is -0.444 e. The average Bonchev–Trinajstić information content (AvgIpc) is 3.01. The molecule has 3 nitrogen and oxygen atoms in total. The van der Waals surface area contributed by atoms with E-state index in [1.54, 1.807) is 6.20 Å². The third-order valence-corrected chi connectivity index (χ3v) is 3.55. The van der Waals surface area contributed by atoms with Gasteiger partial charge in [-0.25, -0.2) is 4.98 Å². The van der Waals surface area contributed by atoms with E-state index in [1.807, 2.05) is 12.1 Å². The van der Waals surface area contributed by atoms with Gasteiger partial charge in [-0.1, -0.05) is 24.3 Å². The first kappa shape index (κ1) is 12.0. The Morgan fingerprint density at radius 3 is 3.11 bits per heavy atom. The smallest absolute Gasteiger partial charge is 0.181 e. The maximum absolute atomic E-state index is 5.32. The Hall–Kier alpha value is -2.03. The number of anilines is 1. The molecule has 1 atom stereocenters. The van der Waals surface area contributed by atoms with Gasteiger partial charge >= 0.3 is 0 Å². The lowest BCUT2D eigenvalue weighted by Crippen LogP contribution is -2.15. The van der Waals surface area contributed by atoms with E-state index < -0.39 is 0 Å². The zero-order chi connectivity index (χ0) is 12.9. The second-order valence-corrected chi connectivity index (χ2v) is 4.98. The molecule has 0 bridgehead atoms. The quantitative estimate of drug-likeness (QED) is 0.834. The predicted molar refractivity (Wildman–Crippen MR) is 76.9 cm³/mol. The van der Waals surface area contributed by atoms with Gasteiger partial charge in [-0.05, 0) is 37.3 Å². The van der Waals surface area contributed by atoms with Crippen LogP contribution >= 0.6 is 0 Å². The summed E-state index contributed by atoms with van der Waals surface area (Å²) >= 11 is 0. The Morgan fingerprint density at radius 1 is 1.32 bits per heavy atom. The van der Waals surface area contributed by atoms with Crippen molar-refractivity contribution in [3.8, 4) is 11.3 Å². The summed E-state index contributed by atoms with van der Waals surface area (Å²) in [5.74, 6) is 1.56. The van der Waals surface area contributed by atoms with Crippen LogP contribution in [0.1, 0.15) is 19.3 Å². The number of nitrogens with zero attached hydrogens (tertiary/aromatic N) is 1. The molecule has 3 rings (SSSR count). The lowest BCUT2D eigenvalue weighted by molar-refractivity contribution is 0.504. The maximum Gasteiger partial charge on any atom is 0.181 e. The van der Waals surface area contributed by atoms with E-state index in [1.165, 1.54) is 25.7 Å². The Morgan fingerprint density at radius 2 is 2.32 bits per heavy atom. The zero-order valence-electron chi connectivity index (χ0n) is 10.9. The van der Waals surface area contributed by atoms with Gasteiger partial charge in [0.05, 0.1) is 6.20 Å². The summed E-state index contributed by atoms with van der Waals surface area (Å²) in [6.07, 6.45) is 11.5. The fourth-order valence-corrected chi connectivity index (χ4v) is 2.44. The van der Waals surface area contributed by atoms with Crippen molar-refractivity contribution in [3.05, 3.63) is 49.0 Å². The van der Waals surface area contributed by atoms with Gasteiger partial charge in [-0.2, -0.15) is 0 Å². The van der Waals surface area contributed by atoms with E-state index in [0.29, 0.717) is 0 Å². The molecule has 98 valence electrons. The molecule has 1 aliphatic carbocycles. The number of oxazole rings is 1. The summed E-state index contributed by atoms with van der Waals surface area (Å²) < 4.78 is 5.32. The van der Waals surface area contributed by atoms with Crippen molar-refractivity contribution in [2.45, 2.75) is 19.3 Å². The van der Waals surface area contributed by atoms with Crippen molar-refractivity contribution in [1.82, 2.24) is 4.98 Å². The summed E-state index contributed by atoms with van der Waals surface area (Å²) in [7, 11) is 0. The van der Waals surface area contributed by atoms with E-state index in [4.69, 9.17) is 4.42 Å². The summed E-state index contributed by atoms with van der Waals surface area (Å²) in [4.78, 5) is 3.95. The number of nitrogens with one attached hydrogen (secondary N) is 1. The number of allylic oxidation sites excluding steroid dienone is 2. The highest BCUT2D eigenvalue weighted by atomic mass is 16.3. The third kappa shape index (κ3) is 3.05. The second-order valence-electron chi connectivity index (χ2n) is 4.98. The molecule has 0 spiro atoms. The molecule has 1 N–H and O–H groups in total. The molecule has 1 unspecified atom stereocenters. The van der Waals surface area contributed by atoms with Gasteiger partial charge in [0.25, 0.3) is 0 Å². The molecule has 0 aliphatic heterocycles. The zero-order valence-corrected chi connectivity index (χ0v) is 10.9. The summed E-state index contributed by atoms with van der Waals surface area (Å²) in [5.41, 5.74) is 2.20. The lowest BCUT2D eigenvalue weighted by Gasteiger charge is -2.19. The molecule has 1 aromatic carbocycles. The fraction of sp³-hybridized carbons (Fsp3) is 0.312. The molecule has 0 saturated carbocycles. The van der Waals surface area contributed by atoms with Crippen LogP contribution in [-0.2, 0) is 0 Å². The van der Waals surface area contributed by atoms with Crippen LogP contribution in [0.3, 0.4) is 0 Å². The van der Waals surface area contributed by atoms with Crippen LogP contribution in [0.5, 0.6) is 0 Å². The van der Waals surface area contributed by atoms with Crippen LogP contribution in [0.15, 0.2) is 53.4 Å². The van der Waals surface area contributed by atoms with Crippen LogP contribution in [0.2, 0.25) is 0 Å². The summed E-state index contributed by atoms with van der Waals surface area (Å²) in [5, 5.41) is 3.52. The van der Waals surface area contributed by atoms with Gasteiger partial charge in [-0.15, -0.1) is 0 Å². The van der Waals surface area contributed by atoms with E-state index in [2.05, 4.69) is 34.6 Å². The molecule has 2 aromatic rings. The van der Waals surface area contributed by atoms with Crippen molar-refractivity contribution in [2.75, 3.05) is 11.9 Å². The van der Waals surface area contributed by atoms with Crippen molar-refractivity contribution in [2.24, 2.45) is 5.92 Å². The normalized spacial score (nSPS) is 18.4. The van der Waals surface area contributed by atoms with E-state index in [-0.39, 0.29) is 0 Å². The molecule has 0 radical (unpaired) electrons. The van der Waals surface area contributed by atoms with Crippen molar-refractivity contribution in [3.63, 3.8) is 0 Å². The Labute approximate surface area is 113 Å². The third-order valence-electron chi connectivity index (χ3n) is 3.55.